The summed E-state index contributed by atoms with van der Waals surface area (Å²) in [5, 5.41) is 6.22. The van der Waals surface area contributed by atoms with Crippen molar-refractivity contribution in [1.29, 1.82) is 0 Å². The van der Waals surface area contributed by atoms with Crippen molar-refractivity contribution in [2.24, 2.45) is 41.4 Å². The minimum absolute atomic E-state index is 0.0520. The summed E-state index contributed by atoms with van der Waals surface area (Å²) in [6.07, 6.45) is 26.9. The molecule has 41 heavy (non-hydrogen) atoms. The fourth-order valence-corrected chi connectivity index (χ4v) is 21.8. The highest BCUT2D eigenvalue weighted by molar-refractivity contribution is 7.76. The third-order valence-corrected chi connectivity index (χ3v) is 20.0. The van der Waals surface area contributed by atoms with Gasteiger partial charge < -0.3 is 0 Å². The molecule has 0 aliphatic heterocycles. The number of benzene rings is 2. The minimum atomic E-state index is -0.506. The van der Waals surface area contributed by atoms with Crippen molar-refractivity contribution in [1.82, 2.24) is 0 Å². The third-order valence-electron chi connectivity index (χ3n) is 13.2. The molecule has 214 valence electrons. The second-order valence-electron chi connectivity index (χ2n) is 15.9. The lowest BCUT2D eigenvalue weighted by Gasteiger charge is -2.69. The van der Waals surface area contributed by atoms with Gasteiger partial charge in [-0.15, -0.1) is 0 Å². The van der Waals surface area contributed by atoms with E-state index >= 15 is 0 Å². The zero-order valence-corrected chi connectivity index (χ0v) is 26.8. The summed E-state index contributed by atoms with van der Waals surface area (Å²) >= 11 is 0. The summed E-state index contributed by atoms with van der Waals surface area (Å²) < 4.78 is 0. The lowest BCUT2D eigenvalue weighted by molar-refractivity contribution is 0.0177. The number of allylic oxidation sites excluding steroid dienone is 4. The Kier molecular flexibility index (Phi) is 6.33. The van der Waals surface area contributed by atoms with Crippen LogP contribution < -0.4 is 10.6 Å². The molecule has 0 amide bonds. The molecule has 0 radical (unpaired) electrons. The molecule has 1 unspecified atom stereocenters. The standard InChI is InChI=1S/C39H48P2/c1-27(36-13-8-14-37(36)40(34-9-4-2-5-10-34)35-11-6-3-7-12-35)41(38-21-28-15-29(22-38)17-30(16-28)23-38)39-24-31-18-32(25-39)20-33(19-31)26-39/h2-14,27-33,36H,15-26H2,1H3/t27-,28?,29?,30?,31?,32?,33?,36?,38?,39?,41?/m1/s1. The quantitative estimate of drug-likeness (QED) is 0.287. The molecule has 0 N–H and O–H groups in total. The van der Waals surface area contributed by atoms with Gasteiger partial charge in [-0.05, 0) is 152 Å². The van der Waals surface area contributed by atoms with Gasteiger partial charge in [0.2, 0.25) is 0 Å². The fraction of sp³-hybridized carbons (Fsp3) is 0.590. The second kappa shape index (κ2) is 9.90. The molecule has 8 saturated carbocycles. The molecule has 8 bridgehead atoms. The summed E-state index contributed by atoms with van der Waals surface area (Å²) in [6, 6.07) is 23.1. The molecule has 2 heteroatoms. The molecule has 0 heterocycles. The summed E-state index contributed by atoms with van der Waals surface area (Å²) in [6.45, 7) is 2.81. The van der Waals surface area contributed by atoms with E-state index in [2.05, 4.69) is 85.8 Å². The van der Waals surface area contributed by atoms with Crippen molar-refractivity contribution >= 4 is 26.5 Å². The zero-order chi connectivity index (χ0) is 27.2. The van der Waals surface area contributed by atoms with Gasteiger partial charge in [-0.1, -0.05) is 93.7 Å². The van der Waals surface area contributed by atoms with E-state index in [-0.39, 0.29) is 7.92 Å². The molecular formula is C39H48P2. The first-order valence-corrected chi connectivity index (χ1v) is 19.9. The van der Waals surface area contributed by atoms with E-state index in [1.54, 1.807) is 82.4 Å². The van der Waals surface area contributed by atoms with Crippen molar-refractivity contribution in [2.75, 3.05) is 0 Å². The SMILES string of the molecule is C[C@H](C1C=CC=C1P(c1ccccc1)c1ccccc1)P(C12CC3CC(CC(C3)C1)C2)C12CC3CC(CC(C3)C1)C2. The smallest absolute Gasteiger partial charge is 0.00971 e. The van der Waals surface area contributed by atoms with Gasteiger partial charge in [0.15, 0.2) is 0 Å². The molecule has 11 rings (SSSR count). The van der Waals surface area contributed by atoms with Crippen LogP contribution in [0.4, 0.5) is 0 Å². The summed E-state index contributed by atoms with van der Waals surface area (Å²) in [4.78, 5) is 0. The molecule has 9 aliphatic rings. The van der Waals surface area contributed by atoms with Gasteiger partial charge >= 0.3 is 0 Å². The van der Waals surface area contributed by atoms with Crippen molar-refractivity contribution in [3.63, 3.8) is 0 Å². The maximum Gasteiger partial charge on any atom is 0.00971 e. The van der Waals surface area contributed by atoms with Crippen molar-refractivity contribution < 1.29 is 0 Å². The van der Waals surface area contributed by atoms with E-state index in [1.807, 2.05) is 0 Å². The minimum Gasteiger partial charge on any atom is -0.0901 e. The second-order valence-corrected chi connectivity index (χ2v) is 21.6. The van der Waals surface area contributed by atoms with E-state index < -0.39 is 7.92 Å². The van der Waals surface area contributed by atoms with Crippen molar-refractivity contribution in [3.8, 4) is 0 Å². The molecule has 0 aromatic heterocycles. The van der Waals surface area contributed by atoms with Crippen LogP contribution in [0.5, 0.6) is 0 Å². The van der Waals surface area contributed by atoms with E-state index in [1.165, 1.54) is 10.6 Å². The first-order chi connectivity index (χ1) is 20.1. The van der Waals surface area contributed by atoms with Crippen LogP contribution in [0.3, 0.4) is 0 Å². The Bertz CT molecular complexity index is 1180. The summed E-state index contributed by atoms with van der Waals surface area (Å²) in [7, 11) is -0.558. The Morgan fingerprint density at radius 2 is 0.976 bits per heavy atom. The molecule has 2 aromatic carbocycles. The molecule has 0 nitrogen and oxygen atoms in total. The highest BCUT2D eigenvalue weighted by atomic mass is 31.1. The van der Waals surface area contributed by atoms with Crippen LogP contribution in [0.15, 0.2) is 84.2 Å². The topological polar surface area (TPSA) is 0 Å². The average Bonchev–Trinajstić information content (AvgIpc) is 3.42. The number of rotatable bonds is 7. The Morgan fingerprint density at radius 3 is 1.37 bits per heavy atom. The van der Waals surface area contributed by atoms with Crippen LogP contribution in [-0.2, 0) is 0 Å². The van der Waals surface area contributed by atoms with Crippen LogP contribution in [0.25, 0.3) is 0 Å². The van der Waals surface area contributed by atoms with E-state index in [9.17, 15) is 0 Å². The molecular weight excluding hydrogens is 530 g/mol. The number of hydrogen-bond donors (Lipinski definition) is 0. The molecule has 0 saturated heterocycles. The number of hydrogen-bond acceptors (Lipinski definition) is 0. The maximum atomic E-state index is 2.81. The molecule has 2 aromatic rings. The van der Waals surface area contributed by atoms with Crippen LogP contribution in [-0.4, -0.2) is 16.0 Å². The Morgan fingerprint density at radius 1 is 0.585 bits per heavy atom. The monoisotopic (exact) mass is 578 g/mol. The maximum absolute atomic E-state index is 2.81. The lowest BCUT2D eigenvalue weighted by Crippen LogP contribution is -2.58. The molecule has 8 fully saturated rings. The molecule has 0 spiro atoms. The van der Waals surface area contributed by atoms with Gasteiger partial charge in [-0.25, -0.2) is 0 Å². The highest BCUT2D eigenvalue weighted by Gasteiger charge is 2.64. The van der Waals surface area contributed by atoms with Gasteiger partial charge in [-0.2, -0.15) is 0 Å². The summed E-state index contributed by atoms with van der Waals surface area (Å²) in [5.74, 6) is 6.99. The van der Waals surface area contributed by atoms with E-state index in [4.69, 9.17) is 0 Å². The Hall–Kier alpha value is -1.22. The predicted octanol–water partition coefficient (Wildman–Crippen LogP) is 10.00. The predicted molar refractivity (Wildman–Crippen MR) is 178 cm³/mol. The first-order valence-electron chi connectivity index (χ1n) is 17.2. The van der Waals surface area contributed by atoms with Gasteiger partial charge in [-0.3, -0.25) is 0 Å². The van der Waals surface area contributed by atoms with Crippen molar-refractivity contribution in [3.05, 3.63) is 84.2 Å². The summed E-state index contributed by atoms with van der Waals surface area (Å²) in [5.41, 5.74) is 0.805. The molecule has 2 atom stereocenters. The normalized spacial score (nSPS) is 43.1. The van der Waals surface area contributed by atoms with Gasteiger partial charge in [0.25, 0.3) is 0 Å². The van der Waals surface area contributed by atoms with Crippen LogP contribution >= 0.6 is 15.8 Å². The van der Waals surface area contributed by atoms with Crippen LogP contribution in [0, 0.1) is 41.4 Å². The van der Waals surface area contributed by atoms with Gasteiger partial charge in [0, 0.05) is 5.92 Å². The van der Waals surface area contributed by atoms with Crippen LogP contribution in [0.1, 0.15) is 84.0 Å². The van der Waals surface area contributed by atoms with Gasteiger partial charge in [0.05, 0.1) is 0 Å². The Labute approximate surface area is 251 Å². The third kappa shape index (κ3) is 4.27. The van der Waals surface area contributed by atoms with Crippen molar-refractivity contribution in [2.45, 2.75) is 99.9 Å². The largest absolute Gasteiger partial charge is 0.0901 e. The lowest BCUT2D eigenvalue weighted by atomic mass is 9.55. The molecule has 9 aliphatic carbocycles. The first kappa shape index (κ1) is 26.2. The van der Waals surface area contributed by atoms with Crippen LogP contribution in [0.2, 0.25) is 0 Å². The van der Waals surface area contributed by atoms with E-state index in [0.29, 0.717) is 16.2 Å². The Balaban J connectivity index is 1.14. The van der Waals surface area contributed by atoms with E-state index in [0.717, 1.165) is 41.2 Å². The van der Waals surface area contributed by atoms with Gasteiger partial charge in [0.1, 0.15) is 0 Å². The highest BCUT2D eigenvalue weighted by Crippen LogP contribution is 2.81. The zero-order valence-electron chi connectivity index (χ0n) is 25.0. The average molecular weight is 579 g/mol. The fourth-order valence-electron chi connectivity index (χ4n) is 13.0.